The van der Waals surface area contributed by atoms with Gasteiger partial charge in [0.2, 0.25) is 5.91 Å². The highest BCUT2D eigenvalue weighted by Crippen LogP contribution is 2.13. The van der Waals surface area contributed by atoms with Gasteiger partial charge in [0.1, 0.15) is 11.5 Å². The van der Waals surface area contributed by atoms with Crippen LogP contribution >= 0.6 is 11.6 Å². The molecular formula is C17H31ClN2O3. The average Bonchev–Trinajstić information content (AvgIpc) is 2.45. The van der Waals surface area contributed by atoms with Crippen molar-refractivity contribution in [1.82, 2.24) is 9.80 Å². The lowest BCUT2D eigenvalue weighted by atomic mass is 10.1. The summed E-state index contributed by atoms with van der Waals surface area (Å²) >= 11 is 5.67. The third-order valence-electron chi connectivity index (χ3n) is 3.83. The van der Waals surface area contributed by atoms with Gasteiger partial charge >= 0.3 is 6.09 Å². The first kappa shape index (κ1) is 20.1. The Morgan fingerprint density at radius 2 is 1.30 bits per heavy atom. The predicted molar refractivity (Wildman–Crippen MR) is 92.8 cm³/mol. The molecule has 6 heteroatoms. The Kier molecular flexibility index (Phi) is 8.74. The Morgan fingerprint density at radius 1 is 0.870 bits per heavy atom. The third kappa shape index (κ3) is 8.45. The van der Waals surface area contributed by atoms with E-state index < -0.39 is 5.60 Å². The van der Waals surface area contributed by atoms with E-state index in [1.54, 1.807) is 0 Å². The van der Waals surface area contributed by atoms with Crippen molar-refractivity contribution in [1.29, 1.82) is 0 Å². The van der Waals surface area contributed by atoms with E-state index in [0.29, 0.717) is 0 Å². The summed E-state index contributed by atoms with van der Waals surface area (Å²) in [6.07, 6.45) is 5.53. The van der Waals surface area contributed by atoms with Gasteiger partial charge in [0.05, 0.1) is 0 Å². The molecule has 1 heterocycles. The molecule has 1 rings (SSSR count). The molecule has 0 aromatic rings. The van der Waals surface area contributed by atoms with Crippen LogP contribution in [0.25, 0.3) is 0 Å². The molecule has 0 radical (unpaired) electrons. The molecule has 0 aromatic carbocycles. The lowest BCUT2D eigenvalue weighted by molar-refractivity contribution is -0.128. The molecule has 0 aromatic heterocycles. The van der Waals surface area contributed by atoms with E-state index in [-0.39, 0.29) is 17.9 Å². The molecule has 0 atom stereocenters. The summed E-state index contributed by atoms with van der Waals surface area (Å²) in [5.41, 5.74) is -0.455. The van der Waals surface area contributed by atoms with Crippen molar-refractivity contribution in [2.75, 3.05) is 32.1 Å². The largest absolute Gasteiger partial charge is 0.444 e. The van der Waals surface area contributed by atoms with Crippen LogP contribution in [0.2, 0.25) is 0 Å². The van der Waals surface area contributed by atoms with Gasteiger partial charge in [-0.15, -0.1) is 11.6 Å². The third-order valence-corrected chi connectivity index (χ3v) is 4.06. The van der Waals surface area contributed by atoms with Gasteiger partial charge in [-0.1, -0.05) is 0 Å². The second-order valence-electron chi connectivity index (χ2n) is 7.10. The molecule has 0 aliphatic carbocycles. The van der Waals surface area contributed by atoms with E-state index in [2.05, 4.69) is 0 Å². The van der Waals surface area contributed by atoms with E-state index in [9.17, 15) is 9.59 Å². The van der Waals surface area contributed by atoms with Crippen LogP contribution in [0.1, 0.15) is 59.3 Å². The number of carbonyl (C=O) groups excluding carboxylic acids is 2. The number of hydrogen-bond donors (Lipinski definition) is 0. The summed E-state index contributed by atoms with van der Waals surface area (Å²) in [4.78, 5) is 27.7. The molecule has 0 spiro atoms. The Bertz CT molecular complexity index is 369. The van der Waals surface area contributed by atoms with Gasteiger partial charge in [0.25, 0.3) is 0 Å². The number of carbonyl (C=O) groups is 2. The van der Waals surface area contributed by atoms with E-state index in [4.69, 9.17) is 16.3 Å². The standard InChI is InChI=1S/C17H31ClN2O3/c1-17(2,3)23-16(22)20-12-8-4-6-10-19(15(21)14-18)11-7-5-9-13-20/h4-14H2,1-3H3. The van der Waals surface area contributed by atoms with Gasteiger partial charge < -0.3 is 14.5 Å². The minimum absolute atomic E-state index is 0.0270. The normalized spacial score (nSPS) is 18.8. The summed E-state index contributed by atoms with van der Waals surface area (Å²) < 4.78 is 5.48. The van der Waals surface area contributed by atoms with Crippen molar-refractivity contribution in [2.45, 2.75) is 64.9 Å². The minimum Gasteiger partial charge on any atom is -0.444 e. The van der Waals surface area contributed by atoms with Gasteiger partial charge in [-0.2, -0.15) is 0 Å². The second kappa shape index (κ2) is 10.0. The summed E-state index contributed by atoms with van der Waals surface area (Å²) in [7, 11) is 0. The lowest BCUT2D eigenvalue weighted by Crippen LogP contribution is -2.38. The molecule has 2 amide bonds. The van der Waals surface area contributed by atoms with Crippen LogP contribution in [-0.4, -0.2) is 59.5 Å². The van der Waals surface area contributed by atoms with Crippen LogP contribution in [0.4, 0.5) is 4.79 Å². The Labute approximate surface area is 145 Å². The Balaban J connectivity index is 2.51. The molecule has 5 nitrogen and oxygen atoms in total. The van der Waals surface area contributed by atoms with Gasteiger partial charge in [-0.3, -0.25) is 4.79 Å². The number of hydrogen-bond acceptors (Lipinski definition) is 3. The summed E-state index contributed by atoms with van der Waals surface area (Å²) in [5, 5.41) is 0. The van der Waals surface area contributed by atoms with Gasteiger partial charge in [-0.05, 0) is 59.3 Å². The maximum atomic E-state index is 12.2. The number of amides is 2. The lowest BCUT2D eigenvalue weighted by Gasteiger charge is -2.28. The maximum Gasteiger partial charge on any atom is 0.410 e. The summed E-state index contributed by atoms with van der Waals surface area (Å²) in [6.45, 7) is 8.64. The fraction of sp³-hybridized carbons (Fsp3) is 0.882. The zero-order valence-corrected chi connectivity index (χ0v) is 15.5. The van der Waals surface area contributed by atoms with Crippen molar-refractivity contribution in [2.24, 2.45) is 0 Å². The molecule has 0 unspecified atom stereocenters. The molecule has 0 N–H and O–H groups in total. The number of rotatable bonds is 1. The van der Waals surface area contributed by atoms with Gasteiger partial charge in [0, 0.05) is 26.2 Å². The minimum atomic E-state index is -0.455. The highest BCUT2D eigenvalue weighted by Gasteiger charge is 2.22. The summed E-state index contributed by atoms with van der Waals surface area (Å²) in [6, 6.07) is 0. The number of alkyl halides is 1. The van der Waals surface area contributed by atoms with Crippen LogP contribution in [0, 0.1) is 0 Å². The fourth-order valence-electron chi connectivity index (χ4n) is 2.63. The molecule has 1 fully saturated rings. The first-order valence-corrected chi connectivity index (χ1v) is 9.18. The highest BCUT2D eigenvalue weighted by molar-refractivity contribution is 6.27. The molecule has 0 bridgehead atoms. The van der Waals surface area contributed by atoms with E-state index in [1.807, 2.05) is 30.6 Å². The zero-order chi connectivity index (χ0) is 17.3. The second-order valence-corrected chi connectivity index (χ2v) is 7.37. The monoisotopic (exact) mass is 346 g/mol. The van der Waals surface area contributed by atoms with Crippen LogP contribution in [0.5, 0.6) is 0 Å². The molecule has 23 heavy (non-hydrogen) atoms. The number of halogens is 1. The first-order valence-electron chi connectivity index (χ1n) is 8.65. The van der Waals surface area contributed by atoms with Crippen molar-refractivity contribution in [3.8, 4) is 0 Å². The molecular weight excluding hydrogens is 316 g/mol. The van der Waals surface area contributed by atoms with E-state index in [1.165, 1.54) is 0 Å². The SMILES string of the molecule is CC(C)(C)OC(=O)N1CCCCCN(C(=O)CCl)CCCCC1. The van der Waals surface area contributed by atoms with Crippen LogP contribution in [0.15, 0.2) is 0 Å². The zero-order valence-electron chi connectivity index (χ0n) is 14.8. The Morgan fingerprint density at radius 3 is 1.70 bits per heavy atom. The number of ether oxygens (including phenoxy) is 1. The van der Waals surface area contributed by atoms with E-state index in [0.717, 1.165) is 64.7 Å². The first-order chi connectivity index (χ1) is 10.8. The van der Waals surface area contributed by atoms with Crippen molar-refractivity contribution in [3.63, 3.8) is 0 Å². The van der Waals surface area contributed by atoms with Gasteiger partial charge in [-0.25, -0.2) is 4.79 Å². The van der Waals surface area contributed by atoms with Crippen LogP contribution in [-0.2, 0) is 9.53 Å². The number of nitrogens with zero attached hydrogens (tertiary/aromatic N) is 2. The highest BCUT2D eigenvalue weighted by atomic mass is 35.5. The van der Waals surface area contributed by atoms with Crippen molar-refractivity contribution >= 4 is 23.6 Å². The van der Waals surface area contributed by atoms with Gasteiger partial charge in [0.15, 0.2) is 0 Å². The fourth-order valence-corrected chi connectivity index (χ4v) is 2.80. The van der Waals surface area contributed by atoms with E-state index >= 15 is 0 Å². The van der Waals surface area contributed by atoms with Crippen LogP contribution in [0.3, 0.4) is 0 Å². The predicted octanol–water partition coefficient (Wildman–Crippen LogP) is 3.65. The van der Waals surface area contributed by atoms with Crippen molar-refractivity contribution in [3.05, 3.63) is 0 Å². The molecule has 134 valence electrons. The summed E-state index contributed by atoms with van der Waals surface area (Å²) in [5.74, 6) is 0.0889. The molecule has 1 saturated heterocycles. The molecule has 1 aliphatic heterocycles. The van der Waals surface area contributed by atoms with Crippen molar-refractivity contribution < 1.29 is 14.3 Å². The molecule has 0 saturated carbocycles. The average molecular weight is 347 g/mol. The quantitative estimate of drug-likeness (QED) is 0.681. The molecule has 1 aliphatic rings. The Hall–Kier alpha value is -0.970. The maximum absolute atomic E-state index is 12.2. The topological polar surface area (TPSA) is 49.9 Å². The smallest absolute Gasteiger partial charge is 0.410 e. The van der Waals surface area contributed by atoms with Crippen LogP contribution < -0.4 is 0 Å².